The molecule has 5 nitrogen and oxygen atoms in total. The van der Waals surface area contributed by atoms with Crippen LogP contribution >= 0.6 is 0 Å². The van der Waals surface area contributed by atoms with Gasteiger partial charge in [0.15, 0.2) is 0 Å². The van der Waals surface area contributed by atoms with E-state index in [2.05, 4.69) is 16.9 Å². The summed E-state index contributed by atoms with van der Waals surface area (Å²) in [5.74, 6) is 0.0607. The molecule has 0 radical (unpaired) electrons. The minimum Gasteiger partial charge on any atom is -0.458 e. The zero-order valence-electron chi connectivity index (χ0n) is 14.2. The van der Waals surface area contributed by atoms with Crippen molar-refractivity contribution in [2.75, 3.05) is 13.1 Å². The summed E-state index contributed by atoms with van der Waals surface area (Å²) < 4.78 is 5.87. The number of amides is 1. The van der Waals surface area contributed by atoms with Crippen molar-refractivity contribution < 1.29 is 9.53 Å². The molecule has 0 N–H and O–H groups in total. The Morgan fingerprint density at radius 1 is 1.25 bits per heavy atom. The predicted molar refractivity (Wildman–Crippen MR) is 92.1 cm³/mol. The Hall–Kier alpha value is -2.43. The Morgan fingerprint density at radius 3 is 2.62 bits per heavy atom. The molecule has 1 aliphatic heterocycles. The van der Waals surface area contributed by atoms with E-state index in [9.17, 15) is 4.79 Å². The van der Waals surface area contributed by atoms with Crippen LogP contribution in [0, 0.1) is 6.92 Å². The van der Waals surface area contributed by atoms with E-state index < -0.39 is 0 Å². The van der Waals surface area contributed by atoms with Crippen LogP contribution in [-0.2, 0) is 6.42 Å². The molecule has 126 valence electrons. The van der Waals surface area contributed by atoms with Gasteiger partial charge in [-0.25, -0.2) is 9.97 Å². The molecule has 5 heteroatoms. The van der Waals surface area contributed by atoms with Crippen LogP contribution in [-0.4, -0.2) is 40.0 Å². The number of nitrogens with zero attached hydrogens (tertiary/aromatic N) is 3. The summed E-state index contributed by atoms with van der Waals surface area (Å²) in [4.78, 5) is 23.0. The molecule has 1 saturated heterocycles. The quantitative estimate of drug-likeness (QED) is 0.867. The molecular formula is C19H23N3O2. The van der Waals surface area contributed by atoms with Crippen LogP contribution in [0.4, 0.5) is 0 Å². The van der Waals surface area contributed by atoms with Crippen molar-refractivity contribution in [1.29, 1.82) is 0 Å². The largest absolute Gasteiger partial charge is 0.458 e. The van der Waals surface area contributed by atoms with Crippen LogP contribution in [0.15, 0.2) is 36.7 Å². The summed E-state index contributed by atoms with van der Waals surface area (Å²) in [7, 11) is 0. The number of piperidine rings is 1. The fraction of sp³-hybridized carbons (Fsp3) is 0.421. The Bertz CT molecular complexity index is 683. The third-order valence-corrected chi connectivity index (χ3v) is 4.33. The summed E-state index contributed by atoms with van der Waals surface area (Å²) in [6.45, 7) is 5.42. The van der Waals surface area contributed by atoms with Crippen LogP contribution in [0.5, 0.6) is 6.01 Å². The van der Waals surface area contributed by atoms with E-state index >= 15 is 0 Å². The highest BCUT2D eigenvalue weighted by Gasteiger charge is 2.26. The number of likely N-dealkylation sites (tertiary alicyclic amines) is 1. The summed E-state index contributed by atoms with van der Waals surface area (Å²) in [6.07, 6.45) is 6.27. The fourth-order valence-corrected chi connectivity index (χ4v) is 2.83. The molecule has 2 aromatic rings. The van der Waals surface area contributed by atoms with E-state index in [-0.39, 0.29) is 12.0 Å². The third kappa shape index (κ3) is 3.91. The number of aromatic nitrogens is 2. The van der Waals surface area contributed by atoms with E-state index in [1.807, 2.05) is 36.1 Å². The lowest BCUT2D eigenvalue weighted by molar-refractivity contribution is 0.0515. The summed E-state index contributed by atoms with van der Waals surface area (Å²) in [6, 6.07) is 8.09. The van der Waals surface area contributed by atoms with Gasteiger partial charge in [-0.05, 0) is 43.9 Å². The van der Waals surface area contributed by atoms with E-state index in [0.29, 0.717) is 12.6 Å². The van der Waals surface area contributed by atoms with E-state index in [4.69, 9.17) is 4.74 Å². The molecule has 0 saturated carbocycles. The number of hydrogen-bond donors (Lipinski definition) is 0. The molecule has 1 aromatic heterocycles. The number of carbonyl (C=O) groups excluding carboxylic acids is 1. The topological polar surface area (TPSA) is 55.3 Å². The van der Waals surface area contributed by atoms with Gasteiger partial charge in [0.05, 0.1) is 6.54 Å². The van der Waals surface area contributed by atoms with E-state index in [0.717, 1.165) is 42.5 Å². The summed E-state index contributed by atoms with van der Waals surface area (Å²) in [5, 5.41) is 0. The SMILES string of the molecule is CCc1cnc(OC2CCCN(C(=O)c3ccc(C)cc3)C2)nc1. The number of ether oxygens (including phenoxy) is 1. The van der Waals surface area contributed by atoms with Crippen LogP contribution in [0.1, 0.15) is 41.3 Å². The first-order valence-electron chi connectivity index (χ1n) is 8.49. The lowest BCUT2D eigenvalue weighted by atomic mass is 10.1. The molecule has 1 aliphatic rings. The maximum atomic E-state index is 12.6. The minimum absolute atomic E-state index is 0.0550. The zero-order valence-corrected chi connectivity index (χ0v) is 14.2. The number of carbonyl (C=O) groups is 1. The second-order valence-corrected chi connectivity index (χ2v) is 6.23. The number of rotatable bonds is 4. The molecular weight excluding hydrogens is 302 g/mol. The maximum absolute atomic E-state index is 12.6. The second kappa shape index (κ2) is 7.43. The molecule has 1 aromatic carbocycles. The van der Waals surface area contributed by atoms with Gasteiger partial charge in [-0.15, -0.1) is 0 Å². The molecule has 0 spiro atoms. The molecule has 0 bridgehead atoms. The van der Waals surface area contributed by atoms with Gasteiger partial charge >= 0.3 is 6.01 Å². The standard InChI is InChI=1S/C19H23N3O2/c1-3-15-11-20-19(21-12-15)24-17-5-4-10-22(13-17)18(23)16-8-6-14(2)7-9-16/h6-9,11-12,17H,3-5,10,13H2,1-2H3. The maximum Gasteiger partial charge on any atom is 0.316 e. The van der Waals surface area contributed by atoms with Crippen molar-refractivity contribution in [2.45, 2.75) is 39.2 Å². The van der Waals surface area contributed by atoms with Gasteiger partial charge in [0, 0.05) is 24.5 Å². The van der Waals surface area contributed by atoms with Gasteiger partial charge in [-0.2, -0.15) is 0 Å². The van der Waals surface area contributed by atoms with Gasteiger partial charge in [0.25, 0.3) is 5.91 Å². The van der Waals surface area contributed by atoms with Crippen molar-refractivity contribution in [3.63, 3.8) is 0 Å². The van der Waals surface area contributed by atoms with Crippen molar-refractivity contribution in [2.24, 2.45) is 0 Å². The Morgan fingerprint density at radius 2 is 1.96 bits per heavy atom. The molecule has 2 heterocycles. The van der Waals surface area contributed by atoms with Crippen LogP contribution < -0.4 is 4.74 Å². The molecule has 1 unspecified atom stereocenters. The highest BCUT2D eigenvalue weighted by Crippen LogP contribution is 2.18. The Balaban J connectivity index is 1.63. The van der Waals surface area contributed by atoms with Gasteiger partial charge in [-0.3, -0.25) is 4.79 Å². The number of aryl methyl sites for hydroxylation is 2. The van der Waals surface area contributed by atoms with Crippen molar-refractivity contribution in [3.8, 4) is 6.01 Å². The number of hydrogen-bond acceptors (Lipinski definition) is 4. The van der Waals surface area contributed by atoms with Crippen molar-refractivity contribution >= 4 is 5.91 Å². The summed E-state index contributed by atoms with van der Waals surface area (Å²) >= 11 is 0. The van der Waals surface area contributed by atoms with E-state index in [1.54, 1.807) is 12.4 Å². The van der Waals surface area contributed by atoms with Crippen LogP contribution in [0.2, 0.25) is 0 Å². The van der Waals surface area contributed by atoms with E-state index in [1.165, 1.54) is 0 Å². The van der Waals surface area contributed by atoms with Gasteiger partial charge in [-0.1, -0.05) is 24.6 Å². The summed E-state index contributed by atoms with van der Waals surface area (Å²) in [5.41, 5.74) is 2.96. The van der Waals surface area contributed by atoms with Crippen LogP contribution in [0.3, 0.4) is 0 Å². The lowest BCUT2D eigenvalue weighted by Gasteiger charge is -2.32. The highest BCUT2D eigenvalue weighted by molar-refractivity contribution is 5.94. The lowest BCUT2D eigenvalue weighted by Crippen LogP contribution is -2.44. The third-order valence-electron chi connectivity index (χ3n) is 4.33. The van der Waals surface area contributed by atoms with Crippen molar-refractivity contribution in [3.05, 3.63) is 53.3 Å². The predicted octanol–water partition coefficient (Wildman–Crippen LogP) is 3.03. The van der Waals surface area contributed by atoms with Gasteiger partial charge < -0.3 is 9.64 Å². The van der Waals surface area contributed by atoms with Gasteiger partial charge in [0.2, 0.25) is 0 Å². The molecule has 3 rings (SSSR count). The second-order valence-electron chi connectivity index (χ2n) is 6.23. The highest BCUT2D eigenvalue weighted by atomic mass is 16.5. The minimum atomic E-state index is -0.0550. The molecule has 24 heavy (non-hydrogen) atoms. The zero-order chi connectivity index (χ0) is 16.9. The molecule has 1 fully saturated rings. The first-order chi connectivity index (χ1) is 11.7. The first kappa shape index (κ1) is 16.4. The normalized spacial score (nSPS) is 17.6. The van der Waals surface area contributed by atoms with Crippen LogP contribution in [0.25, 0.3) is 0 Å². The smallest absolute Gasteiger partial charge is 0.316 e. The molecule has 1 amide bonds. The molecule has 1 atom stereocenters. The average molecular weight is 325 g/mol. The van der Waals surface area contributed by atoms with Gasteiger partial charge in [0.1, 0.15) is 6.10 Å². The first-order valence-corrected chi connectivity index (χ1v) is 8.49. The number of benzene rings is 1. The Kier molecular flexibility index (Phi) is 5.08. The Labute approximate surface area is 142 Å². The molecule has 0 aliphatic carbocycles. The monoisotopic (exact) mass is 325 g/mol. The van der Waals surface area contributed by atoms with Crippen molar-refractivity contribution in [1.82, 2.24) is 14.9 Å². The fourth-order valence-electron chi connectivity index (χ4n) is 2.83. The average Bonchev–Trinajstić information content (AvgIpc) is 2.63.